The van der Waals surface area contributed by atoms with Gasteiger partial charge in [0, 0.05) is 11.4 Å². The summed E-state index contributed by atoms with van der Waals surface area (Å²) < 4.78 is 0. The van der Waals surface area contributed by atoms with Gasteiger partial charge in [0.1, 0.15) is 10.0 Å². The zero-order chi connectivity index (χ0) is 12.4. The Morgan fingerprint density at radius 1 is 1.53 bits per heavy atom. The van der Waals surface area contributed by atoms with Crippen LogP contribution < -0.4 is 5.32 Å². The molecule has 2 aromatic heterocycles. The van der Waals surface area contributed by atoms with E-state index in [1.807, 2.05) is 6.92 Å². The maximum Gasteiger partial charge on any atom is 0.347 e. The van der Waals surface area contributed by atoms with Crippen LogP contribution in [-0.2, 0) is 0 Å². The average molecular weight is 270 g/mol. The van der Waals surface area contributed by atoms with Crippen molar-refractivity contribution in [2.75, 3.05) is 5.32 Å². The molecule has 0 saturated carbocycles. The summed E-state index contributed by atoms with van der Waals surface area (Å²) in [6.45, 7) is 1.82. The lowest BCUT2D eigenvalue weighted by molar-refractivity contribution is 0.0702. The van der Waals surface area contributed by atoms with Gasteiger partial charge in [0.25, 0.3) is 0 Å². The molecule has 0 bridgehead atoms. The quantitative estimate of drug-likeness (QED) is 0.838. The number of anilines is 2. The first-order valence-electron chi connectivity index (χ1n) is 4.65. The van der Waals surface area contributed by atoms with Crippen molar-refractivity contribution in [2.45, 2.75) is 6.92 Å². The number of halogens is 1. The highest BCUT2D eigenvalue weighted by atomic mass is 35.5. The van der Waals surface area contributed by atoms with Crippen molar-refractivity contribution in [3.05, 3.63) is 34.1 Å². The predicted molar refractivity (Wildman–Crippen MR) is 66.3 cm³/mol. The van der Waals surface area contributed by atoms with Crippen LogP contribution in [0, 0.1) is 6.92 Å². The topological polar surface area (TPSA) is 75.1 Å². The monoisotopic (exact) mass is 269 g/mol. The first-order valence-corrected chi connectivity index (χ1v) is 5.84. The number of rotatable bonds is 3. The van der Waals surface area contributed by atoms with E-state index in [1.54, 1.807) is 12.1 Å². The number of thiazole rings is 1. The SMILES string of the molecule is Cc1cc(Nc2ncc(C(=O)O)s2)cc(Cl)n1. The van der Waals surface area contributed by atoms with Gasteiger partial charge in [-0.3, -0.25) is 0 Å². The van der Waals surface area contributed by atoms with Gasteiger partial charge < -0.3 is 10.4 Å². The summed E-state index contributed by atoms with van der Waals surface area (Å²) in [4.78, 5) is 18.8. The van der Waals surface area contributed by atoms with Crippen LogP contribution in [0.4, 0.5) is 10.8 Å². The minimum atomic E-state index is -0.987. The summed E-state index contributed by atoms with van der Waals surface area (Å²) in [5, 5.41) is 12.6. The van der Waals surface area contributed by atoms with Gasteiger partial charge in [-0.15, -0.1) is 0 Å². The number of hydrogen-bond acceptors (Lipinski definition) is 5. The second kappa shape index (κ2) is 4.68. The van der Waals surface area contributed by atoms with E-state index in [0.717, 1.165) is 22.7 Å². The maximum absolute atomic E-state index is 10.7. The smallest absolute Gasteiger partial charge is 0.347 e. The molecule has 0 aliphatic carbocycles. The zero-order valence-electron chi connectivity index (χ0n) is 8.77. The fourth-order valence-electron chi connectivity index (χ4n) is 1.25. The molecule has 0 aliphatic rings. The summed E-state index contributed by atoms with van der Waals surface area (Å²) in [7, 11) is 0. The van der Waals surface area contributed by atoms with Crippen LogP contribution in [0.1, 0.15) is 15.4 Å². The van der Waals surface area contributed by atoms with Crippen LogP contribution in [0.25, 0.3) is 0 Å². The van der Waals surface area contributed by atoms with E-state index in [0.29, 0.717) is 10.3 Å². The van der Waals surface area contributed by atoms with Gasteiger partial charge in [-0.25, -0.2) is 14.8 Å². The number of nitrogens with zero attached hydrogens (tertiary/aromatic N) is 2. The van der Waals surface area contributed by atoms with Gasteiger partial charge >= 0.3 is 5.97 Å². The molecule has 0 unspecified atom stereocenters. The third-order valence-electron chi connectivity index (χ3n) is 1.89. The third kappa shape index (κ3) is 2.92. The first kappa shape index (κ1) is 11.8. The van der Waals surface area contributed by atoms with Crippen LogP contribution in [0.15, 0.2) is 18.3 Å². The normalized spacial score (nSPS) is 10.2. The van der Waals surface area contributed by atoms with Crippen molar-refractivity contribution in [1.82, 2.24) is 9.97 Å². The highest BCUT2D eigenvalue weighted by Gasteiger charge is 2.08. The van der Waals surface area contributed by atoms with E-state index >= 15 is 0 Å². The molecule has 5 nitrogen and oxygen atoms in total. The molecule has 0 saturated heterocycles. The van der Waals surface area contributed by atoms with Gasteiger partial charge in [0.2, 0.25) is 0 Å². The minimum absolute atomic E-state index is 0.185. The Kier molecular flexibility index (Phi) is 3.26. The van der Waals surface area contributed by atoms with Crippen LogP contribution in [0.5, 0.6) is 0 Å². The molecule has 0 spiro atoms. The molecule has 88 valence electrons. The Labute approximate surface area is 106 Å². The number of carbonyl (C=O) groups is 1. The van der Waals surface area contributed by atoms with Gasteiger partial charge in [-0.05, 0) is 19.1 Å². The Hall–Kier alpha value is -1.66. The lowest BCUT2D eigenvalue weighted by Gasteiger charge is -2.03. The summed E-state index contributed by atoms with van der Waals surface area (Å²) >= 11 is 6.87. The molecule has 0 radical (unpaired) electrons. The number of aromatic nitrogens is 2. The van der Waals surface area contributed by atoms with Crippen molar-refractivity contribution < 1.29 is 9.90 Å². The highest BCUT2D eigenvalue weighted by Crippen LogP contribution is 2.24. The van der Waals surface area contributed by atoms with Crippen LogP contribution >= 0.6 is 22.9 Å². The second-order valence-corrected chi connectivity index (χ2v) is 4.70. The average Bonchev–Trinajstić information content (AvgIpc) is 2.64. The van der Waals surface area contributed by atoms with Crippen LogP contribution in [0.2, 0.25) is 5.15 Å². The van der Waals surface area contributed by atoms with E-state index in [9.17, 15) is 4.79 Å². The summed E-state index contributed by atoms with van der Waals surface area (Å²) in [6.07, 6.45) is 1.31. The number of carboxylic acids is 1. The van der Waals surface area contributed by atoms with Crippen molar-refractivity contribution in [2.24, 2.45) is 0 Å². The molecule has 2 aromatic rings. The lowest BCUT2D eigenvalue weighted by atomic mass is 10.3. The van der Waals surface area contributed by atoms with E-state index in [2.05, 4.69) is 15.3 Å². The highest BCUT2D eigenvalue weighted by molar-refractivity contribution is 7.17. The van der Waals surface area contributed by atoms with Crippen LogP contribution in [0.3, 0.4) is 0 Å². The Balaban J connectivity index is 2.22. The number of nitrogens with one attached hydrogen (secondary N) is 1. The van der Waals surface area contributed by atoms with Crippen molar-refractivity contribution in [3.8, 4) is 0 Å². The number of aryl methyl sites for hydroxylation is 1. The largest absolute Gasteiger partial charge is 0.477 e. The molecule has 0 amide bonds. The molecule has 0 aliphatic heterocycles. The number of aromatic carboxylic acids is 1. The predicted octanol–water partition coefficient (Wildman–Crippen LogP) is 2.94. The summed E-state index contributed by atoms with van der Waals surface area (Å²) in [5.74, 6) is -0.987. The van der Waals surface area contributed by atoms with E-state index in [4.69, 9.17) is 16.7 Å². The van der Waals surface area contributed by atoms with Gasteiger partial charge in [-0.2, -0.15) is 0 Å². The van der Waals surface area contributed by atoms with E-state index in [1.165, 1.54) is 6.20 Å². The summed E-state index contributed by atoms with van der Waals surface area (Å²) in [6, 6.07) is 3.45. The standard InChI is InChI=1S/C10H8ClN3O2S/c1-5-2-6(3-8(11)13-5)14-10-12-4-7(17-10)9(15)16/h2-4H,1H3,(H,15,16)(H,12,13,14). The zero-order valence-corrected chi connectivity index (χ0v) is 10.3. The molecular formula is C10H8ClN3O2S. The Bertz CT molecular complexity index is 550. The number of carboxylic acid groups (broad SMARTS) is 1. The first-order chi connectivity index (χ1) is 8.04. The minimum Gasteiger partial charge on any atom is -0.477 e. The molecule has 2 N–H and O–H groups in total. The van der Waals surface area contributed by atoms with Gasteiger partial charge in [-0.1, -0.05) is 22.9 Å². The van der Waals surface area contributed by atoms with Crippen molar-refractivity contribution >= 4 is 39.7 Å². The molecule has 0 fully saturated rings. The molecular weight excluding hydrogens is 262 g/mol. The van der Waals surface area contributed by atoms with E-state index in [-0.39, 0.29) is 4.88 Å². The van der Waals surface area contributed by atoms with E-state index < -0.39 is 5.97 Å². The molecule has 2 rings (SSSR count). The summed E-state index contributed by atoms with van der Waals surface area (Å²) in [5.41, 5.74) is 1.50. The van der Waals surface area contributed by atoms with Gasteiger partial charge in [0.15, 0.2) is 5.13 Å². The van der Waals surface area contributed by atoms with Crippen molar-refractivity contribution in [3.63, 3.8) is 0 Å². The number of pyridine rings is 1. The van der Waals surface area contributed by atoms with Crippen molar-refractivity contribution in [1.29, 1.82) is 0 Å². The molecule has 0 atom stereocenters. The molecule has 7 heteroatoms. The Morgan fingerprint density at radius 3 is 2.88 bits per heavy atom. The fourth-order valence-corrected chi connectivity index (χ4v) is 2.18. The fraction of sp³-hybridized carbons (Fsp3) is 0.100. The van der Waals surface area contributed by atoms with Crippen LogP contribution in [-0.4, -0.2) is 21.0 Å². The lowest BCUT2D eigenvalue weighted by Crippen LogP contribution is -1.92. The Morgan fingerprint density at radius 2 is 2.29 bits per heavy atom. The molecule has 17 heavy (non-hydrogen) atoms. The number of hydrogen-bond donors (Lipinski definition) is 2. The second-order valence-electron chi connectivity index (χ2n) is 3.28. The van der Waals surface area contributed by atoms with Gasteiger partial charge in [0.05, 0.1) is 6.20 Å². The molecule has 0 aromatic carbocycles. The molecule has 2 heterocycles. The third-order valence-corrected chi connectivity index (χ3v) is 2.98. The maximum atomic E-state index is 10.7.